The fourth-order valence-corrected chi connectivity index (χ4v) is 4.10. The van der Waals surface area contributed by atoms with Gasteiger partial charge < -0.3 is 4.98 Å². The Hall–Kier alpha value is -2.36. The molecule has 1 aromatic carbocycles. The van der Waals surface area contributed by atoms with E-state index in [1.54, 1.807) is 6.07 Å². The maximum atomic E-state index is 12.3. The van der Waals surface area contributed by atoms with Crippen LogP contribution in [0.2, 0.25) is 0 Å². The predicted molar refractivity (Wildman–Crippen MR) is 96.5 cm³/mol. The van der Waals surface area contributed by atoms with Crippen molar-refractivity contribution in [2.24, 2.45) is 0 Å². The summed E-state index contributed by atoms with van der Waals surface area (Å²) in [6.45, 7) is 4.14. The Kier molecular flexibility index (Phi) is 3.75. The first kappa shape index (κ1) is 15.2. The largest absolute Gasteiger partial charge is 0.307 e. The number of benzene rings is 1. The molecule has 4 heteroatoms. The fourth-order valence-electron chi connectivity index (χ4n) is 4.10. The third-order valence-electron chi connectivity index (χ3n) is 5.28. The summed E-state index contributed by atoms with van der Waals surface area (Å²) in [6, 6.07) is 9.81. The molecule has 4 rings (SSSR count). The zero-order valence-electron chi connectivity index (χ0n) is 14.3. The molecule has 0 unspecified atom stereocenters. The standard InChI is InChI=1S/C20H23N3O/c1-13-8-6-7-11-16(13)17-12-18(24)21-20-19(14(2)22-23(17)20)15-9-4-3-5-10-15/h6-8,11-12,15H,3-5,9-10H2,1-2H3,(H,21,24). The van der Waals surface area contributed by atoms with E-state index in [4.69, 9.17) is 5.10 Å². The average molecular weight is 321 g/mol. The van der Waals surface area contributed by atoms with Crippen LogP contribution in [0.15, 0.2) is 35.1 Å². The quantitative estimate of drug-likeness (QED) is 0.762. The number of aromatic nitrogens is 3. The van der Waals surface area contributed by atoms with Gasteiger partial charge in [-0.05, 0) is 38.2 Å². The van der Waals surface area contributed by atoms with E-state index in [2.05, 4.69) is 31.0 Å². The van der Waals surface area contributed by atoms with Gasteiger partial charge in [0.05, 0.1) is 11.4 Å². The lowest BCUT2D eigenvalue weighted by Gasteiger charge is -2.21. The van der Waals surface area contributed by atoms with Crippen molar-refractivity contribution in [1.82, 2.24) is 14.6 Å². The summed E-state index contributed by atoms with van der Waals surface area (Å²) in [5, 5.41) is 4.79. The molecule has 1 aliphatic carbocycles. The van der Waals surface area contributed by atoms with E-state index in [0.717, 1.165) is 28.2 Å². The van der Waals surface area contributed by atoms with Crippen LogP contribution >= 0.6 is 0 Å². The molecule has 0 bridgehead atoms. The average Bonchev–Trinajstić information content (AvgIpc) is 2.91. The summed E-state index contributed by atoms with van der Waals surface area (Å²) in [5.74, 6) is 0.513. The highest BCUT2D eigenvalue weighted by Gasteiger charge is 2.24. The molecule has 0 spiro atoms. The minimum Gasteiger partial charge on any atom is -0.307 e. The monoisotopic (exact) mass is 321 g/mol. The van der Waals surface area contributed by atoms with Gasteiger partial charge in [-0.15, -0.1) is 0 Å². The number of aryl methyl sites for hydroxylation is 2. The van der Waals surface area contributed by atoms with E-state index in [1.807, 2.05) is 16.6 Å². The van der Waals surface area contributed by atoms with E-state index in [0.29, 0.717) is 5.92 Å². The predicted octanol–water partition coefficient (Wildman–Crippen LogP) is 4.35. The van der Waals surface area contributed by atoms with Gasteiger partial charge in [-0.25, -0.2) is 4.52 Å². The Morgan fingerprint density at radius 1 is 1.12 bits per heavy atom. The number of hydrogen-bond donors (Lipinski definition) is 1. The minimum absolute atomic E-state index is 0.0577. The molecule has 1 aliphatic rings. The van der Waals surface area contributed by atoms with Gasteiger partial charge in [0, 0.05) is 17.2 Å². The van der Waals surface area contributed by atoms with E-state index < -0.39 is 0 Å². The first-order valence-corrected chi connectivity index (χ1v) is 8.83. The summed E-state index contributed by atoms with van der Waals surface area (Å²) in [7, 11) is 0. The van der Waals surface area contributed by atoms with Gasteiger partial charge in [-0.3, -0.25) is 4.79 Å². The van der Waals surface area contributed by atoms with E-state index >= 15 is 0 Å². The molecular weight excluding hydrogens is 298 g/mol. The number of aromatic amines is 1. The molecule has 0 saturated heterocycles. The van der Waals surface area contributed by atoms with E-state index in [-0.39, 0.29) is 5.56 Å². The molecule has 0 atom stereocenters. The molecule has 1 N–H and O–H groups in total. The SMILES string of the molecule is Cc1ccccc1-c1cc(=O)[nH]c2c(C3CCCCC3)c(C)nn12. The molecule has 124 valence electrons. The van der Waals surface area contributed by atoms with Gasteiger partial charge in [-0.2, -0.15) is 5.10 Å². The smallest absolute Gasteiger partial charge is 0.251 e. The second-order valence-corrected chi connectivity index (χ2v) is 6.93. The van der Waals surface area contributed by atoms with E-state index in [9.17, 15) is 4.79 Å². The normalized spacial score (nSPS) is 15.9. The second-order valence-electron chi connectivity index (χ2n) is 6.93. The van der Waals surface area contributed by atoms with E-state index in [1.165, 1.54) is 37.7 Å². The topological polar surface area (TPSA) is 50.2 Å². The summed E-state index contributed by atoms with van der Waals surface area (Å²) in [4.78, 5) is 15.4. The van der Waals surface area contributed by atoms with Crippen LogP contribution in [0, 0.1) is 13.8 Å². The highest BCUT2D eigenvalue weighted by molar-refractivity contribution is 5.67. The van der Waals surface area contributed by atoms with Gasteiger partial charge in [-0.1, -0.05) is 43.5 Å². The van der Waals surface area contributed by atoms with Crippen molar-refractivity contribution in [1.29, 1.82) is 0 Å². The van der Waals surface area contributed by atoms with Gasteiger partial charge in [0.15, 0.2) is 0 Å². The van der Waals surface area contributed by atoms with Crippen LogP contribution in [0.25, 0.3) is 16.9 Å². The number of H-pyrrole nitrogens is 1. The molecule has 2 heterocycles. The highest BCUT2D eigenvalue weighted by atomic mass is 16.1. The second kappa shape index (κ2) is 5.93. The molecule has 0 amide bonds. The molecule has 1 saturated carbocycles. The third-order valence-corrected chi connectivity index (χ3v) is 5.28. The van der Waals surface area contributed by atoms with Crippen LogP contribution in [0.4, 0.5) is 0 Å². The van der Waals surface area contributed by atoms with Crippen molar-refractivity contribution in [3.63, 3.8) is 0 Å². The van der Waals surface area contributed by atoms with Crippen LogP contribution in [-0.2, 0) is 0 Å². The zero-order chi connectivity index (χ0) is 16.7. The first-order chi connectivity index (χ1) is 11.6. The summed E-state index contributed by atoms with van der Waals surface area (Å²) >= 11 is 0. The molecule has 0 radical (unpaired) electrons. The molecule has 0 aliphatic heterocycles. The van der Waals surface area contributed by atoms with Crippen molar-refractivity contribution in [2.45, 2.75) is 51.9 Å². The maximum Gasteiger partial charge on any atom is 0.251 e. The lowest BCUT2D eigenvalue weighted by Crippen LogP contribution is -2.12. The molecule has 3 aromatic rings. The van der Waals surface area contributed by atoms with Crippen molar-refractivity contribution in [3.8, 4) is 11.3 Å². The van der Waals surface area contributed by atoms with Crippen molar-refractivity contribution < 1.29 is 0 Å². The number of rotatable bonds is 2. The summed E-state index contributed by atoms with van der Waals surface area (Å²) < 4.78 is 1.93. The first-order valence-electron chi connectivity index (χ1n) is 8.83. The van der Waals surface area contributed by atoms with Crippen LogP contribution < -0.4 is 5.56 Å². The Labute approximate surface area is 141 Å². The van der Waals surface area contributed by atoms with Gasteiger partial charge in [0.1, 0.15) is 5.65 Å². The fraction of sp³-hybridized carbons (Fsp3) is 0.400. The lowest BCUT2D eigenvalue weighted by molar-refractivity contribution is 0.444. The molecule has 4 nitrogen and oxygen atoms in total. The Morgan fingerprint density at radius 2 is 1.88 bits per heavy atom. The zero-order valence-corrected chi connectivity index (χ0v) is 14.3. The molecule has 1 fully saturated rings. The Bertz CT molecular complexity index is 945. The molecule has 24 heavy (non-hydrogen) atoms. The van der Waals surface area contributed by atoms with Crippen molar-refractivity contribution >= 4 is 5.65 Å². The molecular formula is C20H23N3O. The van der Waals surface area contributed by atoms with Crippen LogP contribution in [0.1, 0.15) is 54.8 Å². The van der Waals surface area contributed by atoms with Crippen LogP contribution in [-0.4, -0.2) is 14.6 Å². The van der Waals surface area contributed by atoms with Gasteiger partial charge >= 0.3 is 0 Å². The number of nitrogens with one attached hydrogen (secondary N) is 1. The number of fused-ring (bicyclic) bond motifs is 1. The number of hydrogen-bond acceptors (Lipinski definition) is 2. The maximum absolute atomic E-state index is 12.3. The lowest BCUT2D eigenvalue weighted by atomic mass is 9.84. The highest BCUT2D eigenvalue weighted by Crippen LogP contribution is 2.36. The Balaban J connectivity index is 1.97. The summed E-state index contributed by atoms with van der Waals surface area (Å²) in [5.41, 5.74) is 6.18. The van der Waals surface area contributed by atoms with Crippen molar-refractivity contribution in [2.75, 3.05) is 0 Å². The van der Waals surface area contributed by atoms with Gasteiger partial charge in [0.25, 0.3) is 5.56 Å². The number of nitrogens with zero attached hydrogens (tertiary/aromatic N) is 2. The van der Waals surface area contributed by atoms with Gasteiger partial charge in [0.2, 0.25) is 0 Å². The minimum atomic E-state index is -0.0577. The molecule has 2 aromatic heterocycles. The third kappa shape index (κ3) is 2.46. The summed E-state index contributed by atoms with van der Waals surface area (Å²) in [6.07, 6.45) is 6.24. The van der Waals surface area contributed by atoms with Crippen molar-refractivity contribution in [3.05, 3.63) is 57.5 Å². The Morgan fingerprint density at radius 3 is 2.62 bits per heavy atom. The van der Waals surface area contributed by atoms with Crippen LogP contribution in [0.5, 0.6) is 0 Å². The van der Waals surface area contributed by atoms with Crippen LogP contribution in [0.3, 0.4) is 0 Å².